The van der Waals surface area contributed by atoms with Crippen molar-refractivity contribution in [2.45, 2.75) is 0 Å². The van der Waals surface area contributed by atoms with Crippen molar-refractivity contribution in [1.82, 2.24) is 4.98 Å². The third-order valence-corrected chi connectivity index (χ3v) is 3.63. The van der Waals surface area contributed by atoms with Gasteiger partial charge in [0.15, 0.2) is 0 Å². The largest absolute Gasteiger partial charge is 0.506 e. The van der Waals surface area contributed by atoms with E-state index in [1.807, 2.05) is 6.07 Å². The van der Waals surface area contributed by atoms with E-state index in [1.54, 1.807) is 24.3 Å². The number of phenols is 1. The van der Waals surface area contributed by atoms with Gasteiger partial charge in [-0.25, -0.2) is 9.37 Å². The molecule has 3 rings (SSSR count). The molecule has 0 saturated carbocycles. The van der Waals surface area contributed by atoms with E-state index in [-0.39, 0.29) is 11.6 Å². The van der Waals surface area contributed by atoms with Crippen molar-refractivity contribution >= 4 is 21.6 Å². The summed E-state index contributed by atoms with van der Waals surface area (Å²) in [6.45, 7) is 0. The van der Waals surface area contributed by atoms with Crippen LogP contribution in [0.25, 0.3) is 20.8 Å². The fraction of sp³-hybridized carbons (Fsp3) is 0. The fourth-order valence-corrected chi connectivity index (χ4v) is 2.63. The van der Waals surface area contributed by atoms with Gasteiger partial charge in [-0.05, 0) is 36.4 Å². The van der Waals surface area contributed by atoms with Gasteiger partial charge in [-0.3, -0.25) is 0 Å². The number of aromatic hydroxyl groups is 1. The van der Waals surface area contributed by atoms with E-state index in [0.29, 0.717) is 0 Å². The summed E-state index contributed by atoms with van der Waals surface area (Å²) in [6.07, 6.45) is 0. The minimum Gasteiger partial charge on any atom is -0.506 e. The average molecular weight is 245 g/mol. The number of hydrogen-bond acceptors (Lipinski definition) is 3. The lowest BCUT2D eigenvalue weighted by Crippen LogP contribution is -1.76. The van der Waals surface area contributed by atoms with Gasteiger partial charge in [0.25, 0.3) is 0 Å². The third-order valence-electron chi connectivity index (χ3n) is 2.49. The molecule has 0 unspecified atom stereocenters. The Labute approximate surface area is 101 Å². The first-order chi connectivity index (χ1) is 8.24. The molecule has 0 bridgehead atoms. The fourth-order valence-electron chi connectivity index (χ4n) is 1.65. The first kappa shape index (κ1) is 10.2. The van der Waals surface area contributed by atoms with Gasteiger partial charge < -0.3 is 5.11 Å². The highest BCUT2D eigenvalue weighted by Gasteiger charge is 2.08. The number of benzene rings is 2. The molecule has 0 fully saturated rings. The Hall–Kier alpha value is -1.94. The minimum absolute atomic E-state index is 0.230. The van der Waals surface area contributed by atoms with E-state index in [1.165, 1.54) is 23.5 Å². The Morgan fingerprint density at radius 1 is 1.06 bits per heavy atom. The van der Waals surface area contributed by atoms with Crippen LogP contribution in [0.4, 0.5) is 4.39 Å². The van der Waals surface area contributed by atoms with Crippen LogP contribution < -0.4 is 0 Å². The zero-order valence-electron chi connectivity index (χ0n) is 8.72. The van der Waals surface area contributed by atoms with Gasteiger partial charge in [0.1, 0.15) is 16.6 Å². The molecule has 0 amide bonds. The van der Waals surface area contributed by atoms with Crippen LogP contribution >= 0.6 is 11.3 Å². The van der Waals surface area contributed by atoms with Crippen LogP contribution in [-0.4, -0.2) is 10.1 Å². The van der Waals surface area contributed by atoms with E-state index < -0.39 is 0 Å². The first-order valence-corrected chi connectivity index (χ1v) is 5.90. The number of halogens is 1. The summed E-state index contributed by atoms with van der Waals surface area (Å²) in [7, 11) is 0. The molecule has 0 spiro atoms. The maximum Gasteiger partial charge on any atom is 0.135 e. The number of rotatable bonds is 1. The Balaban J connectivity index is 2.18. The maximum absolute atomic E-state index is 12.8. The van der Waals surface area contributed by atoms with Gasteiger partial charge >= 0.3 is 0 Å². The number of phenolic OH excluding ortho intramolecular Hbond substituents is 1. The minimum atomic E-state index is -0.266. The quantitative estimate of drug-likeness (QED) is 0.707. The molecular formula is C13H8FNOS. The molecule has 4 heteroatoms. The van der Waals surface area contributed by atoms with Crippen molar-refractivity contribution < 1.29 is 9.50 Å². The molecule has 1 N–H and O–H groups in total. The maximum atomic E-state index is 12.8. The van der Waals surface area contributed by atoms with Crippen LogP contribution in [0.1, 0.15) is 0 Å². The molecule has 3 aromatic rings. The van der Waals surface area contributed by atoms with E-state index in [9.17, 15) is 9.50 Å². The van der Waals surface area contributed by atoms with Crippen molar-refractivity contribution in [1.29, 1.82) is 0 Å². The SMILES string of the molecule is Oc1cccc2nc(-c3ccc(F)cc3)sc12. The number of thiazole rings is 1. The lowest BCUT2D eigenvalue weighted by molar-refractivity contribution is 0.482. The number of aromatic nitrogens is 1. The van der Waals surface area contributed by atoms with Crippen molar-refractivity contribution in [3.63, 3.8) is 0 Å². The highest BCUT2D eigenvalue weighted by atomic mass is 32.1. The molecular weight excluding hydrogens is 237 g/mol. The molecule has 0 saturated heterocycles. The topological polar surface area (TPSA) is 33.1 Å². The smallest absolute Gasteiger partial charge is 0.135 e. The van der Waals surface area contributed by atoms with Crippen LogP contribution in [-0.2, 0) is 0 Å². The Morgan fingerprint density at radius 3 is 2.53 bits per heavy atom. The Bertz CT molecular complexity index is 675. The predicted octanol–water partition coefficient (Wildman–Crippen LogP) is 3.81. The number of fused-ring (bicyclic) bond motifs is 1. The summed E-state index contributed by atoms with van der Waals surface area (Å²) < 4.78 is 13.6. The number of hydrogen-bond donors (Lipinski definition) is 1. The Kier molecular flexibility index (Phi) is 2.30. The van der Waals surface area contributed by atoms with Gasteiger partial charge in [-0.1, -0.05) is 6.07 Å². The zero-order chi connectivity index (χ0) is 11.8. The predicted molar refractivity (Wildman–Crippen MR) is 66.7 cm³/mol. The first-order valence-electron chi connectivity index (χ1n) is 5.08. The summed E-state index contributed by atoms with van der Waals surface area (Å²) >= 11 is 1.40. The molecule has 1 heterocycles. The van der Waals surface area contributed by atoms with Crippen LogP contribution in [0.2, 0.25) is 0 Å². The summed E-state index contributed by atoms with van der Waals surface area (Å²) in [5, 5.41) is 10.5. The van der Waals surface area contributed by atoms with Crippen LogP contribution in [0.15, 0.2) is 42.5 Å². The van der Waals surface area contributed by atoms with Crippen molar-refractivity contribution in [3.8, 4) is 16.3 Å². The van der Waals surface area contributed by atoms with E-state index in [4.69, 9.17) is 0 Å². The summed E-state index contributed by atoms with van der Waals surface area (Å²) in [5.41, 5.74) is 1.61. The molecule has 84 valence electrons. The third kappa shape index (κ3) is 1.76. The molecule has 2 aromatic carbocycles. The molecule has 0 aliphatic carbocycles. The normalized spacial score (nSPS) is 10.9. The number of nitrogens with zero attached hydrogens (tertiary/aromatic N) is 1. The molecule has 0 aliphatic rings. The summed E-state index contributed by atoms with van der Waals surface area (Å²) in [5.74, 6) is -0.0360. The highest BCUT2D eigenvalue weighted by molar-refractivity contribution is 7.22. The van der Waals surface area contributed by atoms with Crippen LogP contribution in [0.3, 0.4) is 0 Å². The van der Waals surface area contributed by atoms with E-state index in [0.717, 1.165) is 20.8 Å². The second-order valence-corrected chi connectivity index (χ2v) is 4.65. The molecule has 1 aromatic heterocycles. The average Bonchev–Trinajstić information content (AvgIpc) is 2.75. The van der Waals surface area contributed by atoms with Gasteiger partial charge in [0.05, 0.1) is 10.2 Å². The van der Waals surface area contributed by atoms with Crippen molar-refractivity contribution in [2.75, 3.05) is 0 Å². The van der Waals surface area contributed by atoms with Gasteiger partial charge in [-0.15, -0.1) is 11.3 Å². The molecule has 17 heavy (non-hydrogen) atoms. The monoisotopic (exact) mass is 245 g/mol. The van der Waals surface area contributed by atoms with Gasteiger partial charge in [0.2, 0.25) is 0 Å². The lowest BCUT2D eigenvalue weighted by atomic mass is 10.2. The Morgan fingerprint density at radius 2 is 1.82 bits per heavy atom. The van der Waals surface area contributed by atoms with E-state index in [2.05, 4.69) is 4.98 Å². The lowest BCUT2D eigenvalue weighted by Gasteiger charge is -1.94. The standard InChI is InChI=1S/C13H8FNOS/c14-9-6-4-8(5-7-9)13-15-10-2-1-3-11(16)12(10)17-13/h1-7,16H. The van der Waals surface area contributed by atoms with Crippen molar-refractivity contribution in [3.05, 3.63) is 48.3 Å². The van der Waals surface area contributed by atoms with Gasteiger partial charge in [-0.2, -0.15) is 0 Å². The zero-order valence-corrected chi connectivity index (χ0v) is 9.54. The highest BCUT2D eigenvalue weighted by Crippen LogP contribution is 2.34. The van der Waals surface area contributed by atoms with Gasteiger partial charge in [0, 0.05) is 5.56 Å². The summed E-state index contributed by atoms with van der Waals surface area (Å²) in [4.78, 5) is 4.41. The van der Waals surface area contributed by atoms with Crippen LogP contribution in [0.5, 0.6) is 5.75 Å². The molecule has 0 atom stereocenters. The second kappa shape index (κ2) is 3.82. The summed E-state index contributed by atoms with van der Waals surface area (Å²) in [6, 6.07) is 11.4. The molecule has 0 aliphatic heterocycles. The molecule has 2 nitrogen and oxygen atoms in total. The molecule has 0 radical (unpaired) electrons. The van der Waals surface area contributed by atoms with Crippen molar-refractivity contribution in [2.24, 2.45) is 0 Å². The van der Waals surface area contributed by atoms with E-state index >= 15 is 0 Å². The van der Waals surface area contributed by atoms with Crippen LogP contribution in [0, 0.1) is 5.82 Å². The second-order valence-electron chi connectivity index (χ2n) is 3.65.